The van der Waals surface area contributed by atoms with Crippen LogP contribution in [0.1, 0.15) is 43.7 Å². The van der Waals surface area contributed by atoms with E-state index in [9.17, 15) is 14.7 Å². The molecule has 2 N–H and O–H groups in total. The van der Waals surface area contributed by atoms with E-state index in [0.29, 0.717) is 18.7 Å². The van der Waals surface area contributed by atoms with Crippen molar-refractivity contribution in [3.05, 3.63) is 59.7 Å². The van der Waals surface area contributed by atoms with Crippen molar-refractivity contribution in [3.63, 3.8) is 0 Å². The number of anilines is 1. The first kappa shape index (κ1) is 19.6. The Kier molecular flexibility index (Phi) is 6.42. The van der Waals surface area contributed by atoms with Gasteiger partial charge in [-0.1, -0.05) is 25.1 Å². The van der Waals surface area contributed by atoms with Gasteiger partial charge < -0.3 is 10.0 Å². The summed E-state index contributed by atoms with van der Waals surface area (Å²) in [5.74, 6) is -0.148. The van der Waals surface area contributed by atoms with Gasteiger partial charge in [-0.2, -0.15) is 5.10 Å². The van der Waals surface area contributed by atoms with Gasteiger partial charge in [0.2, 0.25) is 11.8 Å². The zero-order chi connectivity index (χ0) is 19.9. The Morgan fingerprint density at radius 2 is 1.86 bits per heavy atom. The maximum absolute atomic E-state index is 12.6. The molecule has 0 fully saturated rings. The van der Waals surface area contributed by atoms with E-state index in [0.717, 1.165) is 24.1 Å². The average Bonchev–Trinajstić information content (AvgIpc) is 2.73. The molecule has 0 saturated heterocycles. The van der Waals surface area contributed by atoms with Gasteiger partial charge in [0.05, 0.1) is 5.71 Å². The van der Waals surface area contributed by atoms with Crippen molar-refractivity contribution >= 4 is 23.2 Å². The normalized spacial score (nSPS) is 13.8. The minimum atomic E-state index is -0.289. The lowest BCUT2D eigenvalue weighted by Crippen LogP contribution is -2.36. The molecular weight excluding hydrogens is 354 g/mol. The van der Waals surface area contributed by atoms with Gasteiger partial charge in [-0.3, -0.25) is 9.59 Å². The molecule has 6 nitrogen and oxygen atoms in total. The molecule has 2 aromatic rings. The zero-order valence-corrected chi connectivity index (χ0v) is 16.0. The maximum Gasteiger partial charge on any atom is 0.240 e. The summed E-state index contributed by atoms with van der Waals surface area (Å²) in [7, 11) is 0. The number of hydrogen-bond donors (Lipinski definition) is 2. The minimum Gasteiger partial charge on any atom is -0.508 e. The molecule has 0 aromatic heterocycles. The third-order valence-electron chi connectivity index (χ3n) is 4.83. The summed E-state index contributed by atoms with van der Waals surface area (Å²) in [6.45, 7) is 2.63. The zero-order valence-electron chi connectivity index (χ0n) is 16.0. The van der Waals surface area contributed by atoms with Crippen LogP contribution in [0.15, 0.2) is 53.6 Å². The van der Waals surface area contributed by atoms with Crippen LogP contribution < -0.4 is 10.3 Å². The van der Waals surface area contributed by atoms with Crippen molar-refractivity contribution in [1.29, 1.82) is 0 Å². The van der Waals surface area contributed by atoms with Gasteiger partial charge >= 0.3 is 0 Å². The molecule has 6 heteroatoms. The van der Waals surface area contributed by atoms with Gasteiger partial charge in [0.15, 0.2) is 0 Å². The number of phenols is 1. The molecule has 0 aliphatic carbocycles. The summed E-state index contributed by atoms with van der Waals surface area (Å²) in [6.07, 6.45) is 2.79. The van der Waals surface area contributed by atoms with Crippen molar-refractivity contribution in [2.24, 2.45) is 5.10 Å². The highest BCUT2D eigenvalue weighted by Crippen LogP contribution is 2.27. The molecule has 3 rings (SSSR count). The van der Waals surface area contributed by atoms with Crippen LogP contribution in [0.5, 0.6) is 5.75 Å². The van der Waals surface area contributed by atoms with Crippen LogP contribution in [0, 0.1) is 0 Å². The molecule has 2 amide bonds. The monoisotopic (exact) mass is 379 g/mol. The number of phenolic OH excluding ortho intramolecular Hbond substituents is 1. The standard InChI is InChI=1S/C22H25N3O3/c1-2-19(16-9-11-18(26)12-10-16)23-24-21(27)13-14-22(28)25-15-5-7-17-6-3-4-8-20(17)25/h3-4,6,8-12,26H,2,5,7,13-15H2,1H3,(H,24,27). The summed E-state index contributed by atoms with van der Waals surface area (Å²) in [4.78, 5) is 26.5. The van der Waals surface area contributed by atoms with Crippen molar-refractivity contribution in [3.8, 4) is 5.75 Å². The van der Waals surface area contributed by atoms with Gasteiger partial charge in [0.25, 0.3) is 0 Å². The number of carbonyl (C=O) groups is 2. The van der Waals surface area contributed by atoms with Gasteiger partial charge in [0, 0.05) is 25.1 Å². The quantitative estimate of drug-likeness (QED) is 0.596. The van der Waals surface area contributed by atoms with Crippen molar-refractivity contribution < 1.29 is 14.7 Å². The lowest BCUT2D eigenvalue weighted by Gasteiger charge is -2.29. The van der Waals surface area contributed by atoms with Crippen LogP contribution in [-0.4, -0.2) is 29.2 Å². The number of carbonyl (C=O) groups excluding carboxylic acids is 2. The Bertz CT molecular complexity index is 875. The molecule has 0 bridgehead atoms. The highest BCUT2D eigenvalue weighted by atomic mass is 16.3. The first-order valence-electron chi connectivity index (χ1n) is 9.61. The number of nitrogens with one attached hydrogen (secondary N) is 1. The number of hydrazone groups is 1. The Morgan fingerprint density at radius 1 is 1.11 bits per heavy atom. The lowest BCUT2D eigenvalue weighted by atomic mass is 10.0. The second-order valence-corrected chi connectivity index (χ2v) is 6.77. The predicted octanol–water partition coefficient (Wildman–Crippen LogP) is 3.38. The summed E-state index contributed by atoms with van der Waals surface area (Å²) in [6, 6.07) is 14.6. The summed E-state index contributed by atoms with van der Waals surface area (Å²) >= 11 is 0. The van der Waals surface area contributed by atoms with Crippen LogP contribution in [0.4, 0.5) is 5.69 Å². The second kappa shape index (κ2) is 9.17. The van der Waals surface area contributed by atoms with Crippen LogP contribution in [-0.2, 0) is 16.0 Å². The number of fused-ring (bicyclic) bond motifs is 1. The molecule has 146 valence electrons. The largest absolute Gasteiger partial charge is 0.508 e. The van der Waals surface area contributed by atoms with Crippen molar-refractivity contribution in [1.82, 2.24) is 5.43 Å². The molecule has 0 atom stereocenters. The number of rotatable bonds is 6. The topological polar surface area (TPSA) is 82.0 Å². The maximum atomic E-state index is 12.6. The lowest BCUT2D eigenvalue weighted by molar-refractivity contribution is -0.125. The smallest absolute Gasteiger partial charge is 0.240 e. The molecule has 28 heavy (non-hydrogen) atoms. The number of benzene rings is 2. The van der Waals surface area contributed by atoms with E-state index in [4.69, 9.17) is 0 Å². The molecular formula is C22H25N3O3. The predicted molar refractivity (Wildman–Crippen MR) is 109 cm³/mol. The summed E-state index contributed by atoms with van der Waals surface area (Å²) in [5, 5.41) is 13.6. The number of nitrogens with zero attached hydrogens (tertiary/aromatic N) is 2. The van der Waals surface area contributed by atoms with Gasteiger partial charge in [-0.05, 0) is 60.7 Å². The molecule has 1 aliphatic rings. The Balaban J connectivity index is 1.55. The number of amides is 2. The van der Waals surface area contributed by atoms with E-state index in [1.54, 1.807) is 29.2 Å². The van der Waals surface area contributed by atoms with Crippen LogP contribution >= 0.6 is 0 Å². The van der Waals surface area contributed by atoms with Crippen LogP contribution in [0.3, 0.4) is 0 Å². The summed E-state index contributed by atoms with van der Waals surface area (Å²) in [5.41, 5.74) is 6.22. The molecule has 1 aliphatic heterocycles. The van der Waals surface area contributed by atoms with Gasteiger partial charge in [-0.25, -0.2) is 5.43 Å². The first-order chi connectivity index (χ1) is 13.6. The van der Waals surface area contributed by atoms with E-state index in [-0.39, 0.29) is 30.4 Å². The van der Waals surface area contributed by atoms with Crippen molar-refractivity contribution in [2.75, 3.05) is 11.4 Å². The Hall–Kier alpha value is -3.15. The highest BCUT2D eigenvalue weighted by Gasteiger charge is 2.22. The van der Waals surface area contributed by atoms with Crippen molar-refractivity contribution in [2.45, 2.75) is 39.0 Å². The number of hydrogen-bond acceptors (Lipinski definition) is 4. The molecule has 0 radical (unpaired) electrons. The third kappa shape index (κ3) is 4.76. The summed E-state index contributed by atoms with van der Waals surface area (Å²) < 4.78 is 0. The fourth-order valence-corrected chi connectivity index (χ4v) is 3.34. The van der Waals surface area contributed by atoms with E-state index in [1.165, 1.54) is 5.56 Å². The first-order valence-corrected chi connectivity index (χ1v) is 9.61. The second-order valence-electron chi connectivity index (χ2n) is 6.77. The van der Waals surface area contributed by atoms with E-state index in [1.807, 2.05) is 31.2 Å². The molecule has 1 heterocycles. The average molecular weight is 379 g/mol. The Labute approximate surface area is 164 Å². The SMILES string of the molecule is CCC(=NNC(=O)CCC(=O)N1CCCc2ccccc21)c1ccc(O)cc1. The molecule has 2 aromatic carbocycles. The molecule has 0 unspecified atom stereocenters. The highest BCUT2D eigenvalue weighted by molar-refractivity contribution is 6.01. The number of aryl methyl sites for hydroxylation is 1. The van der Waals surface area contributed by atoms with Crippen LogP contribution in [0.2, 0.25) is 0 Å². The Morgan fingerprint density at radius 3 is 2.61 bits per heavy atom. The number of para-hydroxylation sites is 1. The van der Waals surface area contributed by atoms with E-state index >= 15 is 0 Å². The third-order valence-corrected chi connectivity index (χ3v) is 4.83. The molecule has 0 saturated carbocycles. The van der Waals surface area contributed by atoms with Crippen LogP contribution in [0.25, 0.3) is 0 Å². The fraction of sp³-hybridized carbons (Fsp3) is 0.318. The van der Waals surface area contributed by atoms with E-state index in [2.05, 4.69) is 10.5 Å². The minimum absolute atomic E-state index is 0.0412. The van der Waals surface area contributed by atoms with Gasteiger partial charge in [-0.15, -0.1) is 0 Å². The van der Waals surface area contributed by atoms with E-state index < -0.39 is 0 Å². The number of aromatic hydroxyl groups is 1. The molecule has 0 spiro atoms. The fourth-order valence-electron chi connectivity index (χ4n) is 3.34. The van der Waals surface area contributed by atoms with Gasteiger partial charge in [0.1, 0.15) is 5.75 Å².